The Labute approximate surface area is 121 Å². The predicted molar refractivity (Wildman–Crippen MR) is 78.6 cm³/mol. The molecule has 1 aromatic heterocycles. The van der Waals surface area contributed by atoms with Gasteiger partial charge in [-0.25, -0.2) is 4.39 Å². The van der Waals surface area contributed by atoms with E-state index in [4.69, 9.17) is 16.6 Å². The van der Waals surface area contributed by atoms with Gasteiger partial charge in [0.05, 0.1) is 26.1 Å². The quantitative estimate of drug-likeness (QED) is 0.878. The van der Waals surface area contributed by atoms with Crippen molar-refractivity contribution < 1.29 is 8.81 Å². The molecule has 6 heteroatoms. The molecule has 0 amide bonds. The average Bonchev–Trinajstić information content (AvgIpc) is 2.95. The molecule has 2 heterocycles. The minimum atomic E-state index is -0.253. The topological polar surface area (TPSA) is 31.6 Å². The summed E-state index contributed by atoms with van der Waals surface area (Å²) in [6, 6.07) is 10.1. The van der Waals surface area contributed by atoms with E-state index in [0.717, 1.165) is 11.4 Å². The first-order valence-electron chi connectivity index (χ1n) is 6.28. The lowest BCUT2D eigenvalue weighted by molar-refractivity contribution is 0.232. The van der Waals surface area contributed by atoms with Crippen molar-refractivity contribution in [2.45, 2.75) is 6.54 Å². The molecule has 0 atom stereocenters. The molecule has 1 saturated heterocycles. The number of nitrogens with one attached hydrogen (secondary N) is 1. The highest BCUT2D eigenvalue weighted by Crippen LogP contribution is 2.18. The number of anilines is 1. The van der Waals surface area contributed by atoms with E-state index >= 15 is 0 Å². The molecule has 0 bridgehead atoms. The summed E-state index contributed by atoms with van der Waals surface area (Å²) in [5.41, 5.74) is 0.869. The van der Waals surface area contributed by atoms with Crippen LogP contribution in [0.2, 0.25) is 0 Å². The van der Waals surface area contributed by atoms with E-state index in [9.17, 15) is 4.39 Å². The lowest BCUT2D eigenvalue weighted by Gasteiger charge is -2.37. The van der Waals surface area contributed by atoms with Crippen LogP contribution in [0.1, 0.15) is 5.76 Å². The Balaban J connectivity index is 1.73. The molecule has 3 rings (SSSR count). The van der Waals surface area contributed by atoms with Gasteiger partial charge < -0.3 is 14.6 Å². The molecule has 1 N–H and O–H groups in total. The number of furan rings is 1. The first kappa shape index (κ1) is 13.1. The van der Waals surface area contributed by atoms with E-state index in [-0.39, 0.29) is 5.82 Å². The molecule has 1 aliphatic rings. The highest BCUT2D eigenvalue weighted by atomic mass is 32.1. The Morgan fingerprint density at radius 2 is 2.05 bits per heavy atom. The van der Waals surface area contributed by atoms with Crippen molar-refractivity contribution in [2.75, 3.05) is 18.2 Å². The second-order valence-electron chi connectivity index (χ2n) is 4.59. The molecule has 2 aromatic rings. The van der Waals surface area contributed by atoms with Crippen molar-refractivity contribution in [3.8, 4) is 0 Å². The van der Waals surface area contributed by atoms with Crippen LogP contribution in [0.3, 0.4) is 0 Å². The van der Waals surface area contributed by atoms with Gasteiger partial charge in [0.1, 0.15) is 11.6 Å². The largest absolute Gasteiger partial charge is 0.468 e. The molecular weight excluding hydrogens is 277 g/mol. The molecule has 20 heavy (non-hydrogen) atoms. The fraction of sp³-hybridized carbons (Fsp3) is 0.214. The molecule has 4 nitrogen and oxygen atoms in total. The van der Waals surface area contributed by atoms with Crippen molar-refractivity contribution in [1.82, 2.24) is 10.2 Å². The van der Waals surface area contributed by atoms with Gasteiger partial charge in [-0.1, -0.05) is 0 Å². The van der Waals surface area contributed by atoms with Crippen LogP contribution < -0.4 is 10.2 Å². The number of halogens is 1. The maximum atomic E-state index is 13.0. The van der Waals surface area contributed by atoms with Gasteiger partial charge in [0.2, 0.25) is 0 Å². The highest BCUT2D eigenvalue weighted by molar-refractivity contribution is 7.80. The van der Waals surface area contributed by atoms with Crippen molar-refractivity contribution in [2.24, 2.45) is 0 Å². The van der Waals surface area contributed by atoms with Crippen molar-refractivity contribution in [1.29, 1.82) is 0 Å². The van der Waals surface area contributed by atoms with Crippen LogP contribution in [-0.2, 0) is 6.54 Å². The Morgan fingerprint density at radius 3 is 2.75 bits per heavy atom. The van der Waals surface area contributed by atoms with Crippen molar-refractivity contribution >= 4 is 23.0 Å². The Morgan fingerprint density at radius 1 is 1.25 bits per heavy atom. The van der Waals surface area contributed by atoms with Crippen LogP contribution in [0.5, 0.6) is 0 Å². The van der Waals surface area contributed by atoms with E-state index in [1.165, 1.54) is 12.1 Å². The first-order valence-corrected chi connectivity index (χ1v) is 6.69. The summed E-state index contributed by atoms with van der Waals surface area (Å²) < 4.78 is 18.3. The Kier molecular flexibility index (Phi) is 3.66. The highest BCUT2D eigenvalue weighted by Gasteiger charge is 2.22. The van der Waals surface area contributed by atoms with Gasteiger partial charge in [-0.2, -0.15) is 0 Å². The molecule has 104 valence electrons. The minimum absolute atomic E-state index is 0.253. The van der Waals surface area contributed by atoms with Crippen LogP contribution in [-0.4, -0.2) is 23.3 Å². The monoisotopic (exact) mass is 291 g/mol. The summed E-state index contributed by atoms with van der Waals surface area (Å²) in [5, 5.41) is 3.80. The molecular formula is C14H14FN3OS. The molecule has 0 spiro atoms. The molecule has 0 radical (unpaired) electrons. The Bertz CT molecular complexity index is 585. The fourth-order valence-electron chi connectivity index (χ4n) is 2.14. The lowest BCUT2D eigenvalue weighted by Crippen LogP contribution is -2.55. The second kappa shape index (κ2) is 5.60. The standard InChI is InChI=1S/C14H14FN3OS/c15-11-3-5-12(6-4-11)18-10-17(9-16-14(18)20)8-13-2-1-7-19-13/h1-7H,8-10H2,(H,16,20). The third kappa shape index (κ3) is 2.81. The first-order chi connectivity index (χ1) is 9.72. The van der Waals surface area contributed by atoms with Crippen LogP contribution >= 0.6 is 12.2 Å². The van der Waals surface area contributed by atoms with Gasteiger partial charge >= 0.3 is 0 Å². The number of hydrogen-bond donors (Lipinski definition) is 1. The van der Waals surface area contributed by atoms with Gasteiger partial charge in [0, 0.05) is 5.69 Å². The zero-order valence-electron chi connectivity index (χ0n) is 10.8. The average molecular weight is 291 g/mol. The minimum Gasteiger partial charge on any atom is -0.468 e. The zero-order valence-corrected chi connectivity index (χ0v) is 11.6. The predicted octanol–water partition coefficient (Wildman–Crippen LogP) is 2.53. The molecule has 0 aliphatic carbocycles. The third-order valence-electron chi connectivity index (χ3n) is 3.14. The molecule has 1 aromatic carbocycles. The van der Waals surface area contributed by atoms with Crippen molar-refractivity contribution in [3.05, 3.63) is 54.2 Å². The van der Waals surface area contributed by atoms with Crippen LogP contribution in [0, 0.1) is 5.82 Å². The maximum Gasteiger partial charge on any atom is 0.175 e. The fourth-order valence-corrected chi connectivity index (χ4v) is 2.37. The van der Waals surface area contributed by atoms with Crippen molar-refractivity contribution in [3.63, 3.8) is 0 Å². The zero-order chi connectivity index (χ0) is 13.9. The molecule has 1 fully saturated rings. The van der Waals surface area contributed by atoms with Crippen LogP contribution in [0.4, 0.5) is 10.1 Å². The summed E-state index contributed by atoms with van der Waals surface area (Å²) in [4.78, 5) is 4.08. The number of thiocarbonyl (C=S) groups is 1. The van der Waals surface area contributed by atoms with Gasteiger partial charge in [-0.15, -0.1) is 0 Å². The van der Waals surface area contributed by atoms with Crippen LogP contribution in [0.25, 0.3) is 0 Å². The van der Waals surface area contributed by atoms with Gasteiger partial charge in [-0.05, 0) is 48.6 Å². The summed E-state index contributed by atoms with van der Waals surface area (Å²) >= 11 is 5.31. The third-order valence-corrected chi connectivity index (χ3v) is 3.50. The van der Waals surface area contributed by atoms with E-state index < -0.39 is 0 Å². The van der Waals surface area contributed by atoms with E-state index in [1.54, 1.807) is 18.4 Å². The van der Waals surface area contributed by atoms with Gasteiger partial charge in [-0.3, -0.25) is 4.90 Å². The van der Waals surface area contributed by atoms with Gasteiger partial charge in [0.25, 0.3) is 0 Å². The summed E-state index contributed by atoms with van der Waals surface area (Å²) in [6.07, 6.45) is 1.66. The summed E-state index contributed by atoms with van der Waals surface area (Å²) in [6.45, 7) is 2.00. The van der Waals surface area contributed by atoms with E-state index in [0.29, 0.717) is 25.0 Å². The smallest absolute Gasteiger partial charge is 0.175 e. The number of nitrogens with zero attached hydrogens (tertiary/aromatic N) is 2. The second-order valence-corrected chi connectivity index (χ2v) is 4.98. The SMILES string of the molecule is Fc1ccc(N2CN(Cc3ccco3)CNC2=S)cc1. The maximum absolute atomic E-state index is 13.0. The number of hydrogen-bond acceptors (Lipinski definition) is 3. The normalized spacial score (nSPS) is 16.2. The number of rotatable bonds is 3. The summed E-state index contributed by atoms with van der Waals surface area (Å²) in [5.74, 6) is 0.649. The molecule has 0 saturated carbocycles. The summed E-state index contributed by atoms with van der Waals surface area (Å²) in [7, 11) is 0. The molecule has 1 aliphatic heterocycles. The van der Waals surface area contributed by atoms with Crippen LogP contribution in [0.15, 0.2) is 47.1 Å². The van der Waals surface area contributed by atoms with Gasteiger partial charge in [0.15, 0.2) is 5.11 Å². The van der Waals surface area contributed by atoms with E-state index in [1.807, 2.05) is 17.0 Å². The lowest BCUT2D eigenvalue weighted by atomic mass is 10.3. The van der Waals surface area contributed by atoms with E-state index in [2.05, 4.69) is 10.2 Å². The Hall–Kier alpha value is -1.92. The molecule has 0 unspecified atom stereocenters. The number of benzene rings is 1.